The molecule has 1 aromatic carbocycles. The Kier molecular flexibility index (Phi) is 6.11. The highest BCUT2D eigenvalue weighted by Crippen LogP contribution is 2.48. The van der Waals surface area contributed by atoms with E-state index in [1.807, 2.05) is 32.0 Å². The number of hydrogen-bond donors (Lipinski definition) is 0. The number of hydrogen-bond acceptors (Lipinski definition) is 7. The van der Waals surface area contributed by atoms with Crippen molar-refractivity contribution < 1.29 is 33.2 Å². The van der Waals surface area contributed by atoms with Gasteiger partial charge in [0.25, 0.3) is 0 Å². The van der Waals surface area contributed by atoms with Crippen LogP contribution in [0.15, 0.2) is 30.3 Å². The lowest BCUT2D eigenvalue weighted by Gasteiger charge is -2.29. The molecular weight excluding hydrogens is 400 g/mol. The number of ether oxygens (including phenoxy) is 7. The van der Waals surface area contributed by atoms with Crippen LogP contribution in [0, 0.1) is 0 Å². The van der Waals surface area contributed by atoms with Crippen molar-refractivity contribution in [3.63, 3.8) is 0 Å². The molecule has 7 atom stereocenters. The third-order valence-corrected chi connectivity index (χ3v) is 6.75. The molecule has 4 saturated heterocycles. The van der Waals surface area contributed by atoms with Crippen LogP contribution >= 0.6 is 0 Å². The van der Waals surface area contributed by atoms with Crippen LogP contribution in [0.3, 0.4) is 0 Å². The minimum Gasteiger partial charge on any atom is -0.377 e. The van der Waals surface area contributed by atoms with Crippen LogP contribution in [0.1, 0.15) is 51.5 Å². The van der Waals surface area contributed by atoms with Crippen LogP contribution in [0.2, 0.25) is 0 Å². The van der Waals surface area contributed by atoms with E-state index >= 15 is 0 Å². The SMILES string of the molecule is CO[C@@H]1O[C@H]([C@@H]2CCC3(CC[C@H](CCOCc4ccccc4)O3)O2)[C@H]2OC(C)(C)O[C@@H]12. The molecule has 4 aliphatic heterocycles. The fourth-order valence-corrected chi connectivity index (χ4v) is 5.32. The van der Waals surface area contributed by atoms with Gasteiger partial charge in [-0.2, -0.15) is 0 Å². The van der Waals surface area contributed by atoms with Gasteiger partial charge in [-0.05, 0) is 38.7 Å². The third kappa shape index (κ3) is 4.55. The first-order valence-electron chi connectivity index (χ1n) is 11.5. The molecule has 0 bridgehead atoms. The Balaban J connectivity index is 1.11. The molecule has 0 N–H and O–H groups in total. The number of benzene rings is 1. The van der Waals surface area contributed by atoms with Crippen LogP contribution < -0.4 is 0 Å². The van der Waals surface area contributed by atoms with Gasteiger partial charge in [-0.1, -0.05) is 30.3 Å². The predicted octanol–water partition coefficient (Wildman–Crippen LogP) is 3.54. The quantitative estimate of drug-likeness (QED) is 0.608. The van der Waals surface area contributed by atoms with Gasteiger partial charge in [0.15, 0.2) is 17.9 Å². The summed E-state index contributed by atoms with van der Waals surface area (Å²) in [6, 6.07) is 10.2. The lowest BCUT2D eigenvalue weighted by Crippen LogP contribution is -2.40. The third-order valence-electron chi connectivity index (χ3n) is 6.75. The van der Waals surface area contributed by atoms with Gasteiger partial charge in [-0.15, -0.1) is 0 Å². The van der Waals surface area contributed by atoms with E-state index in [-0.39, 0.29) is 30.5 Å². The standard InChI is InChI=1S/C24H34O7/c1-23(2)30-20-19(27-22(25-3)21(20)31-23)18-10-13-24(29-18)12-9-17(28-24)11-14-26-15-16-7-5-4-6-8-16/h4-8,17-22H,9-15H2,1-3H3/t17-,18+,19-,20-,21-,22-,24?/m1/s1. The maximum atomic E-state index is 6.49. The summed E-state index contributed by atoms with van der Waals surface area (Å²) in [5.74, 6) is -1.15. The number of methoxy groups -OCH3 is 1. The highest BCUT2D eigenvalue weighted by atomic mass is 16.8. The Morgan fingerprint density at radius 1 is 0.935 bits per heavy atom. The second-order valence-corrected chi connectivity index (χ2v) is 9.48. The average Bonchev–Trinajstić information content (AvgIpc) is 3.50. The van der Waals surface area contributed by atoms with Gasteiger partial charge in [-0.25, -0.2) is 0 Å². The van der Waals surface area contributed by atoms with E-state index in [4.69, 9.17) is 33.2 Å². The zero-order chi connectivity index (χ0) is 21.5. The van der Waals surface area contributed by atoms with E-state index in [1.54, 1.807) is 7.11 Å². The molecule has 4 aliphatic rings. The van der Waals surface area contributed by atoms with Gasteiger partial charge in [0.2, 0.25) is 0 Å². The molecule has 0 amide bonds. The maximum absolute atomic E-state index is 6.49. The maximum Gasteiger partial charge on any atom is 0.186 e. The van der Waals surface area contributed by atoms with Gasteiger partial charge >= 0.3 is 0 Å². The summed E-state index contributed by atoms with van der Waals surface area (Å²) in [6.07, 6.45) is 3.54. The summed E-state index contributed by atoms with van der Waals surface area (Å²) in [6.45, 7) is 5.18. The molecule has 1 spiro atoms. The summed E-state index contributed by atoms with van der Waals surface area (Å²) in [5, 5.41) is 0. The summed E-state index contributed by atoms with van der Waals surface area (Å²) in [7, 11) is 1.64. The monoisotopic (exact) mass is 434 g/mol. The van der Waals surface area contributed by atoms with E-state index in [9.17, 15) is 0 Å². The van der Waals surface area contributed by atoms with E-state index in [0.29, 0.717) is 13.2 Å². The van der Waals surface area contributed by atoms with Crippen LogP contribution in [0.4, 0.5) is 0 Å². The van der Waals surface area contributed by atoms with E-state index in [0.717, 1.165) is 32.1 Å². The Hall–Kier alpha value is -1.06. The Morgan fingerprint density at radius 3 is 2.52 bits per heavy atom. The first-order valence-corrected chi connectivity index (χ1v) is 11.5. The van der Waals surface area contributed by atoms with Crippen molar-refractivity contribution in [3.8, 4) is 0 Å². The van der Waals surface area contributed by atoms with Crippen molar-refractivity contribution in [2.24, 2.45) is 0 Å². The summed E-state index contributed by atoms with van der Waals surface area (Å²) < 4.78 is 42.5. The Morgan fingerprint density at radius 2 is 1.71 bits per heavy atom. The van der Waals surface area contributed by atoms with Crippen molar-refractivity contribution in [2.75, 3.05) is 13.7 Å². The lowest BCUT2D eigenvalue weighted by molar-refractivity contribution is -0.263. The molecule has 0 saturated carbocycles. The van der Waals surface area contributed by atoms with E-state index in [2.05, 4.69) is 12.1 Å². The van der Waals surface area contributed by atoms with E-state index in [1.165, 1.54) is 5.56 Å². The van der Waals surface area contributed by atoms with Crippen molar-refractivity contribution >= 4 is 0 Å². The molecule has 0 radical (unpaired) electrons. The van der Waals surface area contributed by atoms with Crippen molar-refractivity contribution in [2.45, 2.75) is 101 Å². The fraction of sp³-hybridized carbons (Fsp3) is 0.750. The first kappa shape index (κ1) is 21.8. The molecule has 0 aromatic heterocycles. The molecule has 4 fully saturated rings. The number of fused-ring (bicyclic) bond motifs is 1. The number of rotatable bonds is 7. The molecule has 0 aliphatic carbocycles. The topological polar surface area (TPSA) is 64.6 Å². The van der Waals surface area contributed by atoms with Crippen LogP contribution in [0.25, 0.3) is 0 Å². The van der Waals surface area contributed by atoms with E-state index < -0.39 is 17.9 Å². The largest absolute Gasteiger partial charge is 0.377 e. The fourth-order valence-electron chi connectivity index (χ4n) is 5.32. The molecule has 1 unspecified atom stereocenters. The van der Waals surface area contributed by atoms with Gasteiger partial charge in [-0.3, -0.25) is 0 Å². The molecule has 1 aromatic rings. The summed E-state index contributed by atoms with van der Waals surface area (Å²) >= 11 is 0. The van der Waals surface area contributed by atoms with Gasteiger partial charge in [0.05, 0.1) is 18.8 Å². The highest BCUT2D eigenvalue weighted by molar-refractivity contribution is 5.13. The van der Waals surface area contributed by atoms with Crippen LogP contribution in [-0.2, 0) is 39.8 Å². The predicted molar refractivity (Wildman–Crippen MR) is 111 cm³/mol. The zero-order valence-electron chi connectivity index (χ0n) is 18.7. The second kappa shape index (κ2) is 8.71. The lowest BCUT2D eigenvalue weighted by atomic mass is 10.0. The minimum absolute atomic E-state index is 0.0850. The van der Waals surface area contributed by atoms with Crippen molar-refractivity contribution in [1.29, 1.82) is 0 Å². The van der Waals surface area contributed by atoms with Gasteiger partial charge < -0.3 is 33.2 Å². The first-order chi connectivity index (χ1) is 15.0. The molecule has 31 heavy (non-hydrogen) atoms. The second-order valence-electron chi connectivity index (χ2n) is 9.48. The normalized spacial score (nSPS) is 41.3. The molecule has 172 valence electrons. The molecule has 5 rings (SSSR count). The molecule has 7 heteroatoms. The average molecular weight is 435 g/mol. The molecule has 7 nitrogen and oxygen atoms in total. The van der Waals surface area contributed by atoms with Gasteiger partial charge in [0.1, 0.15) is 18.3 Å². The molecule has 4 heterocycles. The zero-order valence-corrected chi connectivity index (χ0v) is 18.7. The minimum atomic E-state index is -0.640. The van der Waals surface area contributed by atoms with Crippen LogP contribution in [-0.4, -0.2) is 62.1 Å². The summed E-state index contributed by atoms with van der Waals surface area (Å²) in [5.41, 5.74) is 1.19. The molecular formula is C24H34O7. The summed E-state index contributed by atoms with van der Waals surface area (Å²) in [4.78, 5) is 0. The van der Waals surface area contributed by atoms with Crippen molar-refractivity contribution in [3.05, 3.63) is 35.9 Å². The van der Waals surface area contributed by atoms with Crippen molar-refractivity contribution in [1.82, 2.24) is 0 Å². The Labute approximate surface area is 184 Å². The highest BCUT2D eigenvalue weighted by Gasteiger charge is 2.60. The van der Waals surface area contributed by atoms with Gasteiger partial charge in [0, 0.05) is 26.6 Å². The smallest absolute Gasteiger partial charge is 0.186 e. The Bertz CT molecular complexity index is 741. The van der Waals surface area contributed by atoms with Crippen LogP contribution in [0.5, 0.6) is 0 Å².